The van der Waals surface area contributed by atoms with Crippen LogP contribution in [0.25, 0.3) is 34.0 Å². The van der Waals surface area contributed by atoms with Crippen LogP contribution in [0.1, 0.15) is 34.0 Å². The van der Waals surface area contributed by atoms with E-state index in [1.165, 1.54) is 16.5 Å². The van der Waals surface area contributed by atoms with E-state index in [0.717, 1.165) is 33.2 Å². The Morgan fingerprint density at radius 1 is 0.730 bits per heavy atom. The molecule has 0 bridgehead atoms. The molecular formula is C34H25N3. The number of hydrogen-bond acceptors (Lipinski definition) is 2. The van der Waals surface area contributed by atoms with Gasteiger partial charge in [0.2, 0.25) is 0 Å². The smallest absolute Gasteiger partial charge is 0.0839 e. The van der Waals surface area contributed by atoms with Crippen molar-refractivity contribution in [1.29, 1.82) is 5.26 Å². The number of nitriles is 1. The van der Waals surface area contributed by atoms with Gasteiger partial charge in [-0.25, -0.2) is 4.98 Å². The zero-order valence-electron chi connectivity index (χ0n) is 20.3. The molecule has 2 aromatic heterocycles. The van der Waals surface area contributed by atoms with Gasteiger partial charge in [0.25, 0.3) is 0 Å². The average Bonchev–Trinajstić information content (AvgIpc) is 3.36. The van der Waals surface area contributed by atoms with E-state index in [1.807, 2.05) is 24.3 Å². The highest BCUT2D eigenvalue weighted by molar-refractivity contribution is 5.82. The van der Waals surface area contributed by atoms with Crippen molar-refractivity contribution in [2.45, 2.75) is 12.5 Å². The zero-order chi connectivity index (χ0) is 25.0. The van der Waals surface area contributed by atoms with Gasteiger partial charge < -0.3 is 4.57 Å². The first-order valence-electron chi connectivity index (χ1n) is 12.4. The van der Waals surface area contributed by atoms with Gasteiger partial charge in [-0.05, 0) is 64.0 Å². The van der Waals surface area contributed by atoms with E-state index >= 15 is 0 Å². The second kappa shape index (κ2) is 9.97. The molecule has 3 heteroatoms. The second-order valence-corrected chi connectivity index (χ2v) is 9.20. The van der Waals surface area contributed by atoms with E-state index in [-0.39, 0.29) is 6.04 Å². The van der Waals surface area contributed by atoms with Crippen molar-refractivity contribution in [1.82, 2.24) is 9.55 Å². The van der Waals surface area contributed by atoms with Gasteiger partial charge in [-0.3, -0.25) is 0 Å². The third kappa shape index (κ3) is 4.66. The van der Waals surface area contributed by atoms with Crippen molar-refractivity contribution in [3.63, 3.8) is 0 Å². The van der Waals surface area contributed by atoms with Gasteiger partial charge in [0.05, 0.1) is 29.7 Å². The maximum Gasteiger partial charge on any atom is 0.0839 e. The molecule has 2 heterocycles. The summed E-state index contributed by atoms with van der Waals surface area (Å²) < 4.78 is 2.32. The minimum absolute atomic E-state index is 0.00294. The lowest BCUT2D eigenvalue weighted by atomic mass is 9.96. The second-order valence-electron chi connectivity index (χ2n) is 9.20. The summed E-state index contributed by atoms with van der Waals surface area (Å²) in [5.41, 5.74) is 7.62. The Bertz CT molecular complexity index is 1770. The molecule has 1 unspecified atom stereocenters. The summed E-state index contributed by atoms with van der Waals surface area (Å²) in [6.45, 7) is 0. The first kappa shape index (κ1) is 22.5. The topological polar surface area (TPSA) is 41.6 Å². The Morgan fingerprint density at radius 3 is 2.43 bits per heavy atom. The third-order valence-corrected chi connectivity index (χ3v) is 6.76. The van der Waals surface area contributed by atoms with Crippen LogP contribution in [0.15, 0.2) is 121 Å². The van der Waals surface area contributed by atoms with Crippen molar-refractivity contribution in [2.75, 3.05) is 0 Å². The van der Waals surface area contributed by atoms with E-state index in [1.54, 1.807) is 0 Å². The fourth-order valence-corrected chi connectivity index (χ4v) is 4.96. The number of aromatic nitrogens is 2. The zero-order valence-corrected chi connectivity index (χ0v) is 20.3. The molecule has 0 saturated carbocycles. The maximum absolute atomic E-state index is 9.22. The summed E-state index contributed by atoms with van der Waals surface area (Å²) in [6.07, 6.45) is 6.75. The summed E-state index contributed by atoms with van der Waals surface area (Å²) in [5.74, 6) is 0. The van der Waals surface area contributed by atoms with Crippen LogP contribution in [-0.4, -0.2) is 9.55 Å². The van der Waals surface area contributed by atoms with E-state index in [9.17, 15) is 5.26 Å². The molecule has 6 rings (SSSR count). The molecule has 4 aromatic carbocycles. The van der Waals surface area contributed by atoms with E-state index in [0.29, 0.717) is 6.42 Å². The summed E-state index contributed by atoms with van der Waals surface area (Å²) in [6, 6.07) is 42.3. The molecule has 0 amide bonds. The highest BCUT2D eigenvalue weighted by Gasteiger charge is 2.18. The van der Waals surface area contributed by atoms with Crippen molar-refractivity contribution in [3.8, 4) is 6.07 Å². The molecule has 0 aliphatic rings. The lowest BCUT2D eigenvalue weighted by molar-refractivity contribution is 0.704. The Kier molecular flexibility index (Phi) is 6.07. The Hall–Kier alpha value is -4.94. The Balaban J connectivity index is 1.41. The standard InChI is InChI=1S/C34H25N3/c35-21-19-26-13-15-28-20-22-37(33(28)24-26)34(29-9-2-1-3-10-29)30-11-6-7-25(23-30)14-17-31-18-16-27-8-4-5-12-32(27)36-31/h1-18,20,22-24,34H,19H2. The molecular weight excluding hydrogens is 450 g/mol. The molecule has 0 aliphatic carbocycles. The molecule has 1 atom stereocenters. The molecule has 0 fully saturated rings. The van der Waals surface area contributed by atoms with Crippen molar-refractivity contribution in [2.24, 2.45) is 0 Å². The van der Waals surface area contributed by atoms with Crippen LogP contribution >= 0.6 is 0 Å². The third-order valence-electron chi connectivity index (χ3n) is 6.76. The number of para-hydroxylation sites is 1. The van der Waals surface area contributed by atoms with E-state index in [2.05, 4.69) is 120 Å². The van der Waals surface area contributed by atoms with Crippen molar-refractivity contribution in [3.05, 3.63) is 149 Å². The van der Waals surface area contributed by atoms with E-state index < -0.39 is 0 Å². The first-order valence-corrected chi connectivity index (χ1v) is 12.4. The number of hydrogen-bond donors (Lipinski definition) is 0. The summed E-state index contributed by atoms with van der Waals surface area (Å²) in [5, 5.41) is 11.5. The highest BCUT2D eigenvalue weighted by atomic mass is 15.0. The van der Waals surface area contributed by atoms with Crippen LogP contribution in [0.5, 0.6) is 0 Å². The van der Waals surface area contributed by atoms with E-state index in [4.69, 9.17) is 4.98 Å². The van der Waals surface area contributed by atoms with Crippen LogP contribution in [0.4, 0.5) is 0 Å². The number of pyridine rings is 1. The number of benzene rings is 4. The van der Waals surface area contributed by atoms with Crippen molar-refractivity contribution >= 4 is 34.0 Å². The maximum atomic E-state index is 9.22. The lowest BCUT2D eigenvalue weighted by Gasteiger charge is -2.22. The summed E-state index contributed by atoms with van der Waals surface area (Å²) in [4.78, 5) is 4.78. The molecule has 0 N–H and O–H groups in total. The van der Waals surface area contributed by atoms with Gasteiger partial charge >= 0.3 is 0 Å². The molecule has 176 valence electrons. The van der Waals surface area contributed by atoms with Gasteiger partial charge in [0, 0.05) is 17.1 Å². The van der Waals surface area contributed by atoms with Crippen molar-refractivity contribution < 1.29 is 0 Å². The van der Waals surface area contributed by atoms with Crippen LogP contribution in [0.3, 0.4) is 0 Å². The molecule has 0 spiro atoms. The predicted octanol–water partition coefficient (Wildman–Crippen LogP) is 8.06. The van der Waals surface area contributed by atoms with Gasteiger partial charge in [-0.2, -0.15) is 5.26 Å². The SMILES string of the molecule is N#CCc1ccc2ccn(C(c3ccccc3)c3cccc(C=Cc4ccc5ccccc5n4)c3)c2c1. The summed E-state index contributed by atoms with van der Waals surface area (Å²) in [7, 11) is 0. The molecule has 0 aliphatic heterocycles. The van der Waals surface area contributed by atoms with Crippen LogP contribution in [0.2, 0.25) is 0 Å². The normalized spacial score (nSPS) is 12.2. The Morgan fingerprint density at radius 2 is 1.54 bits per heavy atom. The number of fused-ring (bicyclic) bond motifs is 2. The van der Waals surface area contributed by atoms with Crippen LogP contribution in [-0.2, 0) is 6.42 Å². The average molecular weight is 476 g/mol. The minimum Gasteiger partial charge on any atom is -0.336 e. The number of rotatable bonds is 6. The summed E-state index contributed by atoms with van der Waals surface area (Å²) >= 11 is 0. The highest BCUT2D eigenvalue weighted by Crippen LogP contribution is 2.32. The molecule has 0 radical (unpaired) electrons. The minimum atomic E-state index is 0.00294. The largest absolute Gasteiger partial charge is 0.336 e. The van der Waals surface area contributed by atoms with Gasteiger partial charge in [0.15, 0.2) is 0 Å². The molecule has 37 heavy (non-hydrogen) atoms. The van der Waals surface area contributed by atoms with Crippen LogP contribution < -0.4 is 0 Å². The lowest BCUT2D eigenvalue weighted by Crippen LogP contribution is -2.11. The Labute approximate surface area is 216 Å². The predicted molar refractivity (Wildman–Crippen MR) is 152 cm³/mol. The quantitative estimate of drug-likeness (QED) is 0.244. The monoisotopic (exact) mass is 475 g/mol. The first-order chi connectivity index (χ1) is 18.3. The van der Waals surface area contributed by atoms with Gasteiger partial charge in [-0.1, -0.05) is 91.0 Å². The van der Waals surface area contributed by atoms with Gasteiger partial charge in [0.1, 0.15) is 0 Å². The van der Waals surface area contributed by atoms with Crippen LogP contribution in [0, 0.1) is 11.3 Å². The fourth-order valence-electron chi connectivity index (χ4n) is 4.96. The van der Waals surface area contributed by atoms with Gasteiger partial charge in [-0.15, -0.1) is 0 Å². The molecule has 0 saturated heterocycles. The molecule has 3 nitrogen and oxygen atoms in total. The number of nitrogens with zero attached hydrogens (tertiary/aromatic N) is 3. The fraction of sp³-hybridized carbons (Fsp3) is 0.0588. The molecule has 6 aromatic rings.